The van der Waals surface area contributed by atoms with Crippen LogP contribution in [-0.2, 0) is 0 Å². The van der Waals surface area contributed by atoms with Crippen LogP contribution in [0.2, 0.25) is 5.02 Å². The lowest BCUT2D eigenvalue weighted by molar-refractivity contribution is 0.102. The van der Waals surface area contributed by atoms with Gasteiger partial charge in [0, 0.05) is 28.9 Å². The van der Waals surface area contributed by atoms with Gasteiger partial charge in [-0.2, -0.15) is 0 Å². The lowest BCUT2D eigenvalue weighted by Crippen LogP contribution is -2.35. The average Bonchev–Trinajstić information content (AvgIpc) is 2.60. The second-order valence-corrected chi connectivity index (χ2v) is 6.45. The Hall–Kier alpha value is -2.08. The van der Waals surface area contributed by atoms with Crippen LogP contribution in [0.3, 0.4) is 0 Å². The number of anilines is 1. The molecule has 0 fully saturated rings. The monoisotopic (exact) mass is 362 g/mol. The summed E-state index contributed by atoms with van der Waals surface area (Å²) < 4.78 is 5.54. The molecule has 0 heterocycles. The normalized spacial score (nSPS) is 12.0. The van der Waals surface area contributed by atoms with Crippen molar-refractivity contribution >= 4 is 23.2 Å². The highest BCUT2D eigenvalue weighted by Gasteiger charge is 2.08. The van der Waals surface area contributed by atoms with Crippen molar-refractivity contribution in [1.29, 1.82) is 0 Å². The molecular weight excluding hydrogens is 340 g/mol. The Morgan fingerprint density at radius 3 is 2.36 bits per heavy atom. The molecule has 1 amide bonds. The topological polar surface area (TPSA) is 70.6 Å². The maximum absolute atomic E-state index is 12.1. The van der Waals surface area contributed by atoms with Crippen LogP contribution >= 0.6 is 11.6 Å². The summed E-state index contributed by atoms with van der Waals surface area (Å²) in [6, 6.07) is 14.0. The van der Waals surface area contributed by atoms with Gasteiger partial charge in [-0.05, 0) is 48.5 Å². The van der Waals surface area contributed by atoms with Gasteiger partial charge >= 0.3 is 0 Å². The van der Waals surface area contributed by atoms with Crippen molar-refractivity contribution in [2.24, 2.45) is 0 Å². The summed E-state index contributed by atoms with van der Waals surface area (Å²) in [4.78, 5) is 12.1. The number of carbonyl (C=O) groups is 1. The molecule has 6 heteroatoms. The zero-order valence-corrected chi connectivity index (χ0v) is 15.1. The lowest BCUT2D eigenvalue weighted by atomic mass is 10.2. The molecular formula is C19H23ClN2O3. The van der Waals surface area contributed by atoms with Gasteiger partial charge in [-0.15, -0.1) is 0 Å². The van der Waals surface area contributed by atoms with E-state index in [4.69, 9.17) is 16.3 Å². The second-order valence-electron chi connectivity index (χ2n) is 6.01. The van der Waals surface area contributed by atoms with E-state index >= 15 is 0 Å². The molecule has 3 N–H and O–H groups in total. The molecule has 2 aromatic rings. The van der Waals surface area contributed by atoms with E-state index in [2.05, 4.69) is 10.6 Å². The van der Waals surface area contributed by atoms with Crippen LogP contribution in [0.5, 0.6) is 5.75 Å². The van der Waals surface area contributed by atoms with Gasteiger partial charge in [0.15, 0.2) is 0 Å². The summed E-state index contributed by atoms with van der Waals surface area (Å²) >= 11 is 5.81. The minimum Gasteiger partial charge on any atom is -0.491 e. The maximum atomic E-state index is 12.1. The third-order valence-corrected chi connectivity index (χ3v) is 3.67. The number of hydrogen-bond acceptors (Lipinski definition) is 4. The molecule has 1 atom stereocenters. The van der Waals surface area contributed by atoms with Crippen LogP contribution in [-0.4, -0.2) is 36.3 Å². The van der Waals surface area contributed by atoms with Gasteiger partial charge < -0.3 is 20.5 Å². The highest BCUT2D eigenvalue weighted by molar-refractivity contribution is 6.30. The first-order valence-electron chi connectivity index (χ1n) is 8.15. The first kappa shape index (κ1) is 19.2. The Morgan fingerprint density at radius 2 is 1.76 bits per heavy atom. The van der Waals surface area contributed by atoms with E-state index in [0.29, 0.717) is 34.6 Å². The minimum atomic E-state index is -0.577. The Labute approximate surface area is 153 Å². The molecule has 0 aliphatic rings. The van der Waals surface area contributed by atoms with Crippen LogP contribution in [0.15, 0.2) is 48.5 Å². The molecule has 25 heavy (non-hydrogen) atoms. The third-order valence-electron chi connectivity index (χ3n) is 3.42. The molecule has 0 saturated heterocycles. The van der Waals surface area contributed by atoms with Gasteiger partial charge in [0.2, 0.25) is 0 Å². The fraction of sp³-hybridized carbons (Fsp3) is 0.316. The lowest BCUT2D eigenvalue weighted by Gasteiger charge is -2.15. The van der Waals surface area contributed by atoms with Gasteiger partial charge in [0.05, 0.1) is 0 Å². The van der Waals surface area contributed by atoms with Crippen LogP contribution < -0.4 is 15.4 Å². The molecule has 0 saturated carbocycles. The molecule has 134 valence electrons. The number of ether oxygens (including phenoxy) is 1. The highest BCUT2D eigenvalue weighted by Crippen LogP contribution is 2.17. The first-order valence-corrected chi connectivity index (χ1v) is 8.53. The number of hydrogen-bond donors (Lipinski definition) is 3. The molecule has 1 unspecified atom stereocenters. The zero-order valence-electron chi connectivity index (χ0n) is 14.3. The van der Waals surface area contributed by atoms with Crippen molar-refractivity contribution in [3.8, 4) is 5.75 Å². The van der Waals surface area contributed by atoms with E-state index in [9.17, 15) is 9.90 Å². The Kier molecular flexibility index (Phi) is 7.25. The van der Waals surface area contributed by atoms with Gasteiger partial charge in [-0.1, -0.05) is 25.4 Å². The van der Waals surface area contributed by atoms with Crippen molar-refractivity contribution in [2.75, 3.05) is 18.5 Å². The summed E-state index contributed by atoms with van der Waals surface area (Å²) in [7, 11) is 0. The van der Waals surface area contributed by atoms with Gasteiger partial charge in [-0.25, -0.2) is 0 Å². The summed E-state index contributed by atoms with van der Waals surface area (Å²) in [5, 5.41) is 16.4. The number of benzene rings is 2. The molecule has 2 rings (SSSR count). The fourth-order valence-electron chi connectivity index (χ4n) is 2.06. The number of halogens is 1. The Bertz CT molecular complexity index is 672. The smallest absolute Gasteiger partial charge is 0.255 e. The first-order chi connectivity index (χ1) is 11.9. The molecule has 0 aliphatic heterocycles. The number of carbonyl (C=O) groups excluding carboxylic acids is 1. The molecule has 5 nitrogen and oxygen atoms in total. The molecule has 2 aromatic carbocycles. The molecule has 0 bridgehead atoms. The number of aliphatic hydroxyl groups excluding tert-OH is 1. The summed E-state index contributed by atoms with van der Waals surface area (Å²) in [6.45, 7) is 4.72. The number of nitrogens with one attached hydrogen (secondary N) is 2. The minimum absolute atomic E-state index is 0.205. The van der Waals surface area contributed by atoms with Crippen LogP contribution in [0.25, 0.3) is 0 Å². The van der Waals surface area contributed by atoms with E-state index in [0.717, 1.165) is 0 Å². The molecule has 0 spiro atoms. The van der Waals surface area contributed by atoms with Gasteiger partial charge in [0.25, 0.3) is 5.91 Å². The fourth-order valence-corrected chi connectivity index (χ4v) is 2.19. The van der Waals surface area contributed by atoms with Crippen molar-refractivity contribution in [1.82, 2.24) is 5.32 Å². The molecule has 0 aromatic heterocycles. The van der Waals surface area contributed by atoms with E-state index < -0.39 is 6.10 Å². The van der Waals surface area contributed by atoms with Crippen LogP contribution in [0.1, 0.15) is 24.2 Å². The third kappa shape index (κ3) is 6.74. The average molecular weight is 363 g/mol. The van der Waals surface area contributed by atoms with Crippen molar-refractivity contribution in [3.63, 3.8) is 0 Å². The van der Waals surface area contributed by atoms with E-state index in [1.54, 1.807) is 48.5 Å². The Morgan fingerprint density at radius 1 is 1.12 bits per heavy atom. The quantitative estimate of drug-likeness (QED) is 0.673. The SMILES string of the molecule is CC(C)NCC(O)COc1ccc(NC(=O)c2ccc(Cl)cc2)cc1. The largest absolute Gasteiger partial charge is 0.491 e. The summed E-state index contributed by atoms with van der Waals surface area (Å²) in [5.41, 5.74) is 1.19. The summed E-state index contributed by atoms with van der Waals surface area (Å²) in [6.07, 6.45) is -0.577. The standard InChI is InChI=1S/C19H23ClN2O3/c1-13(2)21-11-17(23)12-25-18-9-7-16(8-10-18)22-19(24)14-3-5-15(20)6-4-14/h3-10,13,17,21,23H,11-12H2,1-2H3,(H,22,24). The van der Waals surface area contributed by atoms with Crippen molar-refractivity contribution in [3.05, 3.63) is 59.1 Å². The van der Waals surface area contributed by atoms with Crippen molar-refractivity contribution < 1.29 is 14.6 Å². The van der Waals surface area contributed by atoms with Crippen molar-refractivity contribution in [2.45, 2.75) is 26.0 Å². The van der Waals surface area contributed by atoms with E-state index in [1.807, 2.05) is 13.8 Å². The van der Waals surface area contributed by atoms with Crippen LogP contribution in [0.4, 0.5) is 5.69 Å². The number of amides is 1. The van der Waals surface area contributed by atoms with Gasteiger partial charge in [0.1, 0.15) is 18.5 Å². The Balaban J connectivity index is 1.83. The van der Waals surface area contributed by atoms with Crippen LogP contribution in [0, 0.1) is 0 Å². The maximum Gasteiger partial charge on any atom is 0.255 e. The highest BCUT2D eigenvalue weighted by atomic mass is 35.5. The number of aliphatic hydroxyl groups is 1. The predicted octanol–water partition coefficient (Wildman–Crippen LogP) is 3.33. The molecule has 0 aliphatic carbocycles. The van der Waals surface area contributed by atoms with E-state index in [-0.39, 0.29) is 12.5 Å². The van der Waals surface area contributed by atoms with Gasteiger partial charge in [-0.3, -0.25) is 4.79 Å². The second kappa shape index (κ2) is 9.42. The predicted molar refractivity (Wildman–Crippen MR) is 100 cm³/mol. The zero-order chi connectivity index (χ0) is 18.2. The molecule has 0 radical (unpaired) electrons. The number of rotatable bonds is 8. The summed E-state index contributed by atoms with van der Waals surface area (Å²) in [5.74, 6) is 0.425. The van der Waals surface area contributed by atoms with E-state index in [1.165, 1.54) is 0 Å².